The summed E-state index contributed by atoms with van der Waals surface area (Å²) in [7, 11) is 1.63. The predicted octanol–water partition coefficient (Wildman–Crippen LogP) is 3.39. The van der Waals surface area contributed by atoms with Gasteiger partial charge in [0.25, 0.3) is 0 Å². The summed E-state index contributed by atoms with van der Waals surface area (Å²) in [6.45, 7) is 2.77. The van der Waals surface area contributed by atoms with Crippen molar-refractivity contribution in [1.82, 2.24) is 5.32 Å². The van der Waals surface area contributed by atoms with Gasteiger partial charge in [-0.2, -0.15) is 0 Å². The summed E-state index contributed by atoms with van der Waals surface area (Å²) >= 11 is 6.03. The van der Waals surface area contributed by atoms with Crippen molar-refractivity contribution >= 4 is 23.2 Å². The van der Waals surface area contributed by atoms with E-state index in [0.717, 1.165) is 16.9 Å². The zero-order valence-corrected chi connectivity index (χ0v) is 13.4. The van der Waals surface area contributed by atoms with E-state index >= 15 is 0 Å². The molecule has 0 aliphatic carbocycles. The van der Waals surface area contributed by atoms with Crippen molar-refractivity contribution in [1.29, 1.82) is 0 Å². The lowest BCUT2D eigenvalue weighted by molar-refractivity contribution is -0.115. The number of benzene rings is 2. The zero-order chi connectivity index (χ0) is 15.9. The van der Waals surface area contributed by atoms with E-state index in [4.69, 9.17) is 16.3 Å². The lowest BCUT2D eigenvalue weighted by Gasteiger charge is -2.08. The number of carbonyl (C=O) groups excluding carboxylic acids is 1. The molecule has 22 heavy (non-hydrogen) atoms. The van der Waals surface area contributed by atoms with E-state index in [2.05, 4.69) is 10.6 Å². The number of hydrogen-bond acceptors (Lipinski definition) is 3. The fourth-order valence-electron chi connectivity index (χ4n) is 1.94. The van der Waals surface area contributed by atoms with Gasteiger partial charge in [-0.3, -0.25) is 4.79 Å². The van der Waals surface area contributed by atoms with Crippen molar-refractivity contribution in [3.63, 3.8) is 0 Å². The largest absolute Gasteiger partial charge is 0.497 e. The first-order valence-corrected chi connectivity index (χ1v) is 7.36. The second-order valence-corrected chi connectivity index (χ2v) is 5.37. The number of halogens is 1. The Morgan fingerprint density at radius 1 is 1.18 bits per heavy atom. The topological polar surface area (TPSA) is 50.4 Å². The molecule has 0 aliphatic rings. The third-order valence-electron chi connectivity index (χ3n) is 3.23. The van der Waals surface area contributed by atoms with E-state index in [9.17, 15) is 4.79 Å². The quantitative estimate of drug-likeness (QED) is 0.858. The van der Waals surface area contributed by atoms with Crippen molar-refractivity contribution in [2.75, 3.05) is 19.0 Å². The van der Waals surface area contributed by atoms with Crippen LogP contribution < -0.4 is 15.4 Å². The van der Waals surface area contributed by atoms with E-state index < -0.39 is 0 Å². The van der Waals surface area contributed by atoms with Gasteiger partial charge in [0, 0.05) is 17.3 Å². The first-order valence-electron chi connectivity index (χ1n) is 6.98. The summed E-state index contributed by atoms with van der Waals surface area (Å²) in [6, 6.07) is 13.2. The summed E-state index contributed by atoms with van der Waals surface area (Å²) in [6.07, 6.45) is 0. The molecule has 0 unspecified atom stereocenters. The smallest absolute Gasteiger partial charge is 0.238 e. The van der Waals surface area contributed by atoms with Gasteiger partial charge in [-0.05, 0) is 42.3 Å². The molecule has 2 aromatic rings. The molecule has 0 saturated heterocycles. The number of rotatable bonds is 6. The molecule has 0 atom stereocenters. The third-order valence-corrected chi connectivity index (χ3v) is 3.64. The second-order valence-electron chi connectivity index (χ2n) is 4.96. The van der Waals surface area contributed by atoms with Crippen LogP contribution in [0.5, 0.6) is 5.75 Å². The molecule has 2 rings (SSSR count). The summed E-state index contributed by atoms with van der Waals surface area (Å²) in [4.78, 5) is 11.9. The third kappa shape index (κ3) is 4.76. The van der Waals surface area contributed by atoms with Crippen LogP contribution in [-0.4, -0.2) is 19.6 Å². The molecule has 2 N–H and O–H groups in total. The Kier molecular flexibility index (Phi) is 5.81. The highest BCUT2D eigenvalue weighted by molar-refractivity contribution is 6.31. The number of amides is 1. The molecule has 0 radical (unpaired) electrons. The number of carbonyl (C=O) groups is 1. The van der Waals surface area contributed by atoms with E-state index in [1.807, 2.05) is 43.3 Å². The average molecular weight is 319 g/mol. The molecule has 2 aromatic carbocycles. The second kappa shape index (κ2) is 7.82. The Morgan fingerprint density at radius 2 is 1.91 bits per heavy atom. The first-order chi connectivity index (χ1) is 10.6. The molecule has 0 bridgehead atoms. The number of hydrogen-bond donors (Lipinski definition) is 2. The van der Waals surface area contributed by atoms with Crippen LogP contribution in [0.3, 0.4) is 0 Å². The maximum Gasteiger partial charge on any atom is 0.238 e. The van der Waals surface area contributed by atoms with Gasteiger partial charge in [-0.15, -0.1) is 0 Å². The molecule has 0 saturated carbocycles. The van der Waals surface area contributed by atoms with Crippen LogP contribution in [0.2, 0.25) is 5.02 Å². The highest BCUT2D eigenvalue weighted by atomic mass is 35.5. The minimum absolute atomic E-state index is 0.103. The molecule has 5 heteroatoms. The minimum Gasteiger partial charge on any atom is -0.497 e. The molecule has 0 aromatic heterocycles. The molecule has 1 amide bonds. The van der Waals surface area contributed by atoms with Crippen molar-refractivity contribution in [3.8, 4) is 5.75 Å². The van der Waals surface area contributed by atoms with Crippen LogP contribution >= 0.6 is 11.6 Å². The molecule has 0 spiro atoms. The minimum atomic E-state index is -0.103. The Balaban J connectivity index is 1.78. The van der Waals surface area contributed by atoms with E-state index in [-0.39, 0.29) is 12.5 Å². The SMILES string of the molecule is COc1ccc(CNCC(=O)Nc2ccc(C)c(Cl)c2)cc1. The van der Waals surface area contributed by atoms with E-state index in [1.54, 1.807) is 13.2 Å². The predicted molar refractivity (Wildman–Crippen MR) is 89.5 cm³/mol. The Labute approximate surface area is 135 Å². The fraction of sp³-hybridized carbons (Fsp3) is 0.235. The van der Waals surface area contributed by atoms with Gasteiger partial charge in [0.2, 0.25) is 5.91 Å². The maximum atomic E-state index is 11.9. The summed E-state index contributed by atoms with van der Waals surface area (Å²) in [5, 5.41) is 6.55. The molecule has 0 aliphatic heterocycles. The van der Waals surface area contributed by atoms with Gasteiger partial charge in [0.1, 0.15) is 5.75 Å². The highest BCUT2D eigenvalue weighted by Gasteiger charge is 2.04. The molecule has 0 heterocycles. The molecule has 116 valence electrons. The van der Waals surface area contributed by atoms with Gasteiger partial charge in [-0.1, -0.05) is 29.8 Å². The maximum absolute atomic E-state index is 11.9. The van der Waals surface area contributed by atoms with Crippen LogP contribution in [0.15, 0.2) is 42.5 Å². The summed E-state index contributed by atoms with van der Waals surface area (Å²) in [5.74, 6) is 0.714. The Hall–Kier alpha value is -2.04. The Bertz CT molecular complexity index is 642. The van der Waals surface area contributed by atoms with Crippen LogP contribution in [0.25, 0.3) is 0 Å². The van der Waals surface area contributed by atoms with E-state index in [1.165, 1.54) is 0 Å². The molecular weight excluding hydrogens is 300 g/mol. The van der Waals surface area contributed by atoms with Crippen LogP contribution in [-0.2, 0) is 11.3 Å². The van der Waals surface area contributed by atoms with Crippen LogP contribution in [0, 0.1) is 6.92 Å². The Morgan fingerprint density at radius 3 is 2.55 bits per heavy atom. The van der Waals surface area contributed by atoms with Crippen molar-refractivity contribution in [2.24, 2.45) is 0 Å². The van der Waals surface area contributed by atoms with Crippen molar-refractivity contribution < 1.29 is 9.53 Å². The van der Waals surface area contributed by atoms with Crippen molar-refractivity contribution in [3.05, 3.63) is 58.6 Å². The van der Waals surface area contributed by atoms with Gasteiger partial charge >= 0.3 is 0 Å². The van der Waals surface area contributed by atoms with Gasteiger partial charge in [0.15, 0.2) is 0 Å². The van der Waals surface area contributed by atoms with Gasteiger partial charge in [0.05, 0.1) is 13.7 Å². The molecule has 4 nitrogen and oxygen atoms in total. The van der Waals surface area contributed by atoms with Crippen LogP contribution in [0.4, 0.5) is 5.69 Å². The monoisotopic (exact) mass is 318 g/mol. The number of methoxy groups -OCH3 is 1. The average Bonchev–Trinajstić information content (AvgIpc) is 2.51. The summed E-state index contributed by atoms with van der Waals surface area (Å²) < 4.78 is 5.10. The number of ether oxygens (including phenoxy) is 1. The van der Waals surface area contributed by atoms with Gasteiger partial charge in [-0.25, -0.2) is 0 Å². The lowest BCUT2D eigenvalue weighted by atomic mass is 10.2. The molecule has 0 fully saturated rings. The number of anilines is 1. The van der Waals surface area contributed by atoms with E-state index in [0.29, 0.717) is 17.3 Å². The lowest BCUT2D eigenvalue weighted by Crippen LogP contribution is -2.27. The molecular formula is C17H19ClN2O2. The number of nitrogens with one attached hydrogen (secondary N) is 2. The van der Waals surface area contributed by atoms with Crippen molar-refractivity contribution in [2.45, 2.75) is 13.5 Å². The number of aryl methyl sites for hydroxylation is 1. The summed E-state index contributed by atoms with van der Waals surface area (Å²) in [5.41, 5.74) is 2.77. The normalized spacial score (nSPS) is 10.3. The zero-order valence-electron chi connectivity index (χ0n) is 12.7. The first kappa shape index (κ1) is 16.3. The fourth-order valence-corrected chi connectivity index (χ4v) is 2.12. The standard InChI is InChI=1S/C17H19ClN2O2/c1-12-3-6-14(9-16(12)18)20-17(21)11-19-10-13-4-7-15(22-2)8-5-13/h3-9,19H,10-11H2,1-2H3,(H,20,21). The van der Waals surface area contributed by atoms with Crippen LogP contribution in [0.1, 0.15) is 11.1 Å². The van der Waals surface area contributed by atoms with Gasteiger partial charge < -0.3 is 15.4 Å². The highest BCUT2D eigenvalue weighted by Crippen LogP contribution is 2.19.